The maximum atomic E-state index is 12.4. The number of carbonyl (C=O) groups excluding carboxylic acids is 1. The summed E-state index contributed by atoms with van der Waals surface area (Å²) in [4.78, 5) is 12.4. The largest absolute Gasteiger partial charge is 0.388 e. The van der Waals surface area contributed by atoms with E-state index in [1.54, 1.807) is 0 Å². The molecule has 1 saturated carbocycles. The van der Waals surface area contributed by atoms with E-state index < -0.39 is 0 Å². The van der Waals surface area contributed by atoms with Crippen LogP contribution in [0.2, 0.25) is 0 Å². The van der Waals surface area contributed by atoms with Crippen molar-refractivity contribution in [2.75, 3.05) is 12.4 Å². The first-order valence-corrected chi connectivity index (χ1v) is 7.60. The van der Waals surface area contributed by atoms with Crippen LogP contribution in [0, 0.1) is 18.8 Å². The third-order valence-corrected chi connectivity index (χ3v) is 4.69. The van der Waals surface area contributed by atoms with Crippen molar-refractivity contribution in [1.29, 1.82) is 0 Å². The number of aryl methyl sites for hydroxylation is 1. The van der Waals surface area contributed by atoms with Crippen LogP contribution in [0.5, 0.6) is 0 Å². The van der Waals surface area contributed by atoms with Gasteiger partial charge in [-0.15, -0.1) is 0 Å². The molecule has 2 N–H and O–H groups in total. The van der Waals surface area contributed by atoms with Crippen LogP contribution in [-0.4, -0.2) is 19.0 Å². The van der Waals surface area contributed by atoms with Crippen molar-refractivity contribution >= 4 is 11.6 Å². The predicted octanol–water partition coefficient (Wildman–Crippen LogP) is 3.59. The number of nitrogens with one attached hydrogen (secondary N) is 2. The highest BCUT2D eigenvalue weighted by atomic mass is 16.1. The van der Waals surface area contributed by atoms with Crippen LogP contribution in [0.3, 0.4) is 0 Å². The molecule has 0 radical (unpaired) electrons. The number of hydrogen-bond acceptors (Lipinski definition) is 2. The van der Waals surface area contributed by atoms with Gasteiger partial charge in [-0.1, -0.05) is 13.8 Å². The van der Waals surface area contributed by atoms with Gasteiger partial charge >= 0.3 is 0 Å². The summed E-state index contributed by atoms with van der Waals surface area (Å²) in [5, 5.41) is 6.30. The molecule has 3 nitrogen and oxygen atoms in total. The zero-order chi connectivity index (χ0) is 14.7. The van der Waals surface area contributed by atoms with Crippen molar-refractivity contribution in [1.82, 2.24) is 5.32 Å². The lowest BCUT2D eigenvalue weighted by Gasteiger charge is -2.32. The Bertz CT molecular complexity index is 484. The van der Waals surface area contributed by atoms with Gasteiger partial charge in [0.25, 0.3) is 5.91 Å². The molecule has 3 heteroatoms. The molecule has 1 aromatic carbocycles. The Kier molecular flexibility index (Phi) is 4.69. The second-order valence-corrected chi connectivity index (χ2v) is 6.22. The van der Waals surface area contributed by atoms with Gasteiger partial charge in [0.05, 0.1) is 0 Å². The van der Waals surface area contributed by atoms with Gasteiger partial charge in [0.1, 0.15) is 0 Å². The molecular weight excluding hydrogens is 248 g/mol. The first kappa shape index (κ1) is 14.9. The highest BCUT2D eigenvalue weighted by Gasteiger charge is 2.26. The monoisotopic (exact) mass is 274 g/mol. The lowest BCUT2D eigenvalue weighted by molar-refractivity contribution is 0.0910. The lowest BCUT2D eigenvalue weighted by Crippen LogP contribution is -2.40. The third kappa shape index (κ3) is 3.33. The molecule has 1 fully saturated rings. The van der Waals surface area contributed by atoms with Gasteiger partial charge in [-0.25, -0.2) is 0 Å². The first-order chi connectivity index (χ1) is 9.51. The Balaban J connectivity index is 2.01. The number of anilines is 1. The van der Waals surface area contributed by atoms with Gasteiger partial charge in [-0.05, 0) is 61.8 Å². The standard InChI is InChI=1S/C17H26N2O/c1-11-5-6-15(9-12(11)2)19-17(20)16-8-7-14(18-4)10-13(16)3/h7-8,10-12,15,18H,5-6,9H2,1-4H3,(H,19,20). The van der Waals surface area contributed by atoms with E-state index in [0.29, 0.717) is 12.0 Å². The van der Waals surface area contributed by atoms with Gasteiger partial charge < -0.3 is 10.6 Å². The minimum atomic E-state index is 0.0666. The van der Waals surface area contributed by atoms with Gasteiger partial charge in [-0.3, -0.25) is 4.79 Å². The van der Waals surface area contributed by atoms with Crippen LogP contribution in [0.15, 0.2) is 18.2 Å². The molecule has 2 rings (SSSR count). The Morgan fingerprint density at radius 2 is 1.95 bits per heavy atom. The zero-order valence-corrected chi connectivity index (χ0v) is 13.0. The van der Waals surface area contributed by atoms with Crippen molar-refractivity contribution in [3.8, 4) is 0 Å². The number of amides is 1. The summed E-state index contributed by atoms with van der Waals surface area (Å²) in [6, 6.07) is 6.20. The van der Waals surface area contributed by atoms with E-state index in [-0.39, 0.29) is 5.91 Å². The molecule has 0 aliphatic heterocycles. The van der Waals surface area contributed by atoms with Crippen molar-refractivity contribution < 1.29 is 4.79 Å². The molecule has 1 aliphatic carbocycles. The van der Waals surface area contributed by atoms with Crippen LogP contribution in [0.1, 0.15) is 49.0 Å². The minimum absolute atomic E-state index is 0.0666. The fraction of sp³-hybridized carbons (Fsp3) is 0.588. The van der Waals surface area contributed by atoms with Crippen molar-refractivity contribution in [2.24, 2.45) is 11.8 Å². The van der Waals surface area contributed by atoms with Crippen LogP contribution >= 0.6 is 0 Å². The summed E-state index contributed by atoms with van der Waals surface area (Å²) in [5.41, 5.74) is 2.85. The molecular formula is C17H26N2O. The molecule has 0 aromatic heterocycles. The van der Waals surface area contributed by atoms with E-state index in [1.165, 1.54) is 6.42 Å². The normalized spacial score (nSPS) is 26.1. The predicted molar refractivity (Wildman–Crippen MR) is 84.2 cm³/mol. The van der Waals surface area contributed by atoms with Gasteiger partial charge in [-0.2, -0.15) is 0 Å². The Labute approximate surface area is 122 Å². The van der Waals surface area contributed by atoms with Crippen LogP contribution < -0.4 is 10.6 Å². The van der Waals surface area contributed by atoms with Gasteiger partial charge in [0, 0.05) is 24.3 Å². The Morgan fingerprint density at radius 1 is 1.20 bits per heavy atom. The summed E-state index contributed by atoms with van der Waals surface area (Å²) in [6.07, 6.45) is 3.41. The molecule has 20 heavy (non-hydrogen) atoms. The first-order valence-electron chi connectivity index (χ1n) is 7.60. The molecule has 110 valence electrons. The summed E-state index contributed by atoms with van der Waals surface area (Å²) in [7, 11) is 1.89. The number of carbonyl (C=O) groups is 1. The smallest absolute Gasteiger partial charge is 0.251 e. The molecule has 0 saturated heterocycles. The summed E-state index contributed by atoms with van der Waals surface area (Å²) >= 11 is 0. The third-order valence-electron chi connectivity index (χ3n) is 4.69. The van der Waals surface area contributed by atoms with E-state index in [0.717, 1.165) is 35.6 Å². The highest BCUT2D eigenvalue weighted by Crippen LogP contribution is 2.29. The quantitative estimate of drug-likeness (QED) is 0.884. The van der Waals surface area contributed by atoms with E-state index in [1.807, 2.05) is 32.2 Å². The van der Waals surface area contributed by atoms with Crippen molar-refractivity contribution in [2.45, 2.75) is 46.1 Å². The fourth-order valence-electron chi connectivity index (χ4n) is 3.02. The highest BCUT2D eigenvalue weighted by molar-refractivity contribution is 5.96. The van der Waals surface area contributed by atoms with Crippen molar-refractivity contribution in [3.05, 3.63) is 29.3 Å². The average Bonchev–Trinajstić information content (AvgIpc) is 2.42. The minimum Gasteiger partial charge on any atom is -0.388 e. The second-order valence-electron chi connectivity index (χ2n) is 6.22. The van der Waals surface area contributed by atoms with Crippen LogP contribution in [0.25, 0.3) is 0 Å². The summed E-state index contributed by atoms with van der Waals surface area (Å²) in [5.74, 6) is 1.54. The summed E-state index contributed by atoms with van der Waals surface area (Å²) in [6.45, 7) is 6.58. The SMILES string of the molecule is CNc1ccc(C(=O)NC2CCC(C)C(C)C2)c(C)c1. The second kappa shape index (κ2) is 6.29. The van der Waals surface area contributed by atoms with Crippen LogP contribution in [0.4, 0.5) is 5.69 Å². The molecule has 0 heterocycles. The fourth-order valence-corrected chi connectivity index (χ4v) is 3.02. The average molecular weight is 274 g/mol. The Morgan fingerprint density at radius 3 is 2.55 bits per heavy atom. The topological polar surface area (TPSA) is 41.1 Å². The van der Waals surface area contributed by atoms with Crippen LogP contribution in [-0.2, 0) is 0 Å². The molecule has 1 aromatic rings. The maximum Gasteiger partial charge on any atom is 0.251 e. The molecule has 0 bridgehead atoms. The van der Waals surface area contributed by atoms with Gasteiger partial charge in [0.2, 0.25) is 0 Å². The molecule has 3 unspecified atom stereocenters. The molecule has 1 amide bonds. The van der Waals surface area contributed by atoms with Crippen molar-refractivity contribution in [3.63, 3.8) is 0 Å². The van der Waals surface area contributed by atoms with E-state index in [4.69, 9.17) is 0 Å². The summed E-state index contributed by atoms with van der Waals surface area (Å²) < 4.78 is 0. The van der Waals surface area contributed by atoms with E-state index >= 15 is 0 Å². The zero-order valence-electron chi connectivity index (χ0n) is 13.0. The number of hydrogen-bond donors (Lipinski definition) is 2. The number of rotatable bonds is 3. The molecule has 3 atom stereocenters. The lowest BCUT2D eigenvalue weighted by atomic mass is 9.79. The molecule has 1 aliphatic rings. The van der Waals surface area contributed by atoms with E-state index in [9.17, 15) is 4.79 Å². The van der Waals surface area contributed by atoms with E-state index in [2.05, 4.69) is 24.5 Å². The maximum absolute atomic E-state index is 12.4. The number of benzene rings is 1. The Hall–Kier alpha value is -1.51. The van der Waals surface area contributed by atoms with Gasteiger partial charge in [0.15, 0.2) is 0 Å². The molecule has 0 spiro atoms.